The number of carbonyl (C=O) groups is 1. The van der Waals surface area contributed by atoms with E-state index in [1.807, 2.05) is 0 Å². The first-order valence-corrected chi connectivity index (χ1v) is 15.2. The van der Waals surface area contributed by atoms with Crippen LogP contribution in [0.1, 0.15) is 155 Å². The molecular weight excluding hydrogens is 388 g/mol. The molecule has 0 aromatic rings. The minimum atomic E-state index is 0.141. The Bertz CT molecular complexity index is 567. The van der Waals surface area contributed by atoms with Crippen LogP contribution in [0.15, 0.2) is 0 Å². The molecule has 4 saturated carbocycles. The molecular formula is C31H54O. The molecule has 0 atom stereocenters. The molecule has 4 aliphatic carbocycles. The lowest BCUT2D eigenvalue weighted by molar-refractivity contribution is -0.169. The first kappa shape index (κ1) is 24.8. The molecule has 0 heterocycles. The minimum Gasteiger partial charge on any atom is -0.298 e. The second kappa shape index (κ2) is 11.4. The Morgan fingerprint density at radius 2 is 1.09 bits per heavy atom. The van der Waals surface area contributed by atoms with Gasteiger partial charge in [0.2, 0.25) is 0 Å². The van der Waals surface area contributed by atoms with Crippen LogP contribution in [0.4, 0.5) is 0 Å². The standard InChI is InChI=1S/C31H54O/c1-3-5-7-8-9-11-25-12-14-27(15-13-25)28-18-22-31(23-19-28)24-30(29(31)32)20-16-26(17-21-30)10-6-4-2/h25-28H,3-24H2,1-2H3. The van der Waals surface area contributed by atoms with E-state index in [1.165, 1.54) is 141 Å². The summed E-state index contributed by atoms with van der Waals surface area (Å²) in [5, 5.41) is 0. The Hall–Kier alpha value is -0.330. The highest BCUT2D eigenvalue weighted by molar-refractivity contribution is 5.96. The highest BCUT2D eigenvalue weighted by atomic mass is 16.1. The molecule has 0 aliphatic heterocycles. The zero-order chi connectivity index (χ0) is 22.4. The van der Waals surface area contributed by atoms with Crippen molar-refractivity contribution in [3.63, 3.8) is 0 Å². The summed E-state index contributed by atoms with van der Waals surface area (Å²) in [5.41, 5.74) is 0.285. The quantitative estimate of drug-likeness (QED) is 0.308. The van der Waals surface area contributed by atoms with Crippen molar-refractivity contribution in [3.05, 3.63) is 0 Å². The van der Waals surface area contributed by atoms with Gasteiger partial charge < -0.3 is 0 Å². The van der Waals surface area contributed by atoms with Crippen molar-refractivity contribution in [3.8, 4) is 0 Å². The van der Waals surface area contributed by atoms with E-state index in [1.54, 1.807) is 0 Å². The van der Waals surface area contributed by atoms with Crippen LogP contribution in [-0.2, 0) is 4.79 Å². The SMILES string of the molecule is CCCCCCCC1CCC(C2CCC3(CC2)CC2(CCC(CCCC)CC2)C3=O)CC1. The Morgan fingerprint density at radius 1 is 0.594 bits per heavy atom. The predicted octanol–water partition coefficient (Wildman–Crippen LogP) is 9.67. The Balaban J connectivity index is 1.15. The van der Waals surface area contributed by atoms with Crippen molar-refractivity contribution >= 4 is 5.78 Å². The summed E-state index contributed by atoms with van der Waals surface area (Å²) in [6.45, 7) is 4.62. The van der Waals surface area contributed by atoms with Crippen LogP contribution >= 0.6 is 0 Å². The fourth-order valence-electron chi connectivity index (χ4n) is 8.73. The first-order chi connectivity index (χ1) is 15.6. The molecule has 4 aliphatic rings. The molecule has 0 N–H and O–H groups in total. The van der Waals surface area contributed by atoms with Crippen molar-refractivity contribution < 1.29 is 4.79 Å². The molecule has 1 nitrogen and oxygen atoms in total. The van der Waals surface area contributed by atoms with Gasteiger partial charge in [-0.05, 0) is 94.3 Å². The fourth-order valence-corrected chi connectivity index (χ4v) is 8.73. The molecule has 2 spiro atoms. The molecule has 0 radical (unpaired) electrons. The van der Waals surface area contributed by atoms with Gasteiger partial charge in [-0.1, -0.05) is 84.5 Å². The molecule has 0 aromatic carbocycles. The van der Waals surface area contributed by atoms with Gasteiger partial charge in [0.1, 0.15) is 5.78 Å². The smallest absolute Gasteiger partial charge is 0.145 e. The predicted molar refractivity (Wildman–Crippen MR) is 137 cm³/mol. The van der Waals surface area contributed by atoms with Crippen LogP contribution in [0.25, 0.3) is 0 Å². The van der Waals surface area contributed by atoms with E-state index in [-0.39, 0.29) is 10.8 Å². The monoisotopic (exact) mass is 442 g/mol. The van der Waals surface area contributed by atoms with E-state index in [0.717, 1.165) is 29.5 Å². The molecule has 0 aromatic heterocycles. The van der Waals surface area contributed by atoms with Gasteiger partial charge in [-0.3, -0.25) is 4.79 Å². The first-order valence-electron chi connectivity index (χ1n) is 15.2. The summed E-state index contributed by atoms with van der Waals surface area (Å²) in [6.07, 6.45) is 30.4. The van der Waals surface area contributed by atoms with Gasteiger partial charge >= 0.3 is 0 Å². The maximum atomic E-state index is 13.5. The summed E-state index contributed by atoms with van der Waals surface area (Å²) < 4.78 is 0. The minimum absolute atomic E-state index is 0.141. The molecule has 1 heteroatoms. The third kappa shape index (κ3) is 5.49. The van der Waals surface area contributed by atoms with Crippen LogP contribution in [0.5, 0.6) is 0 Å². The van der Waals surface area contributed by atoms with Crippen molar-refractivity contribution in [1.82, 2.24) is 0 Å². The van der Waals surface area contributed by atoms with E-state index in [0.29, 0.717) is 0 Å². The summed E-state index contributed by atoms with van der Waals surface area (Å²) >= 11 is 0. The topological polar surface area (TPSA) is 17.1 Å². The summed E-state index contributed by atoms with van der Waals surface area (Å²) in [4.78, 5) is 13.5. The normalized spacial score (nSPS) is 40.0. The summed E-state index contributed by atoms with van der Waals surface area (Å²) in [7, 11) is 0. The van der Waals surface area contributed by atoms with Crippen LogP contribution in [0.2, 0.25) is 0 Å². The van der Waals surface area contributed by atoms with Crippen LogP contribution in [0, 0.1) is 34.5 Å². The van der Waals surface area contributed by atoms with E-state index < -0.39 is 0 Å². The summed E-state index contributed by atoms with van der Waals surface area (Å²) in [6, 6.07) is 0. The van der Waals surface area contributed by atoms with Crippen LogP contribution in [0.3, 0.4) is 0 Å². The third-order valence-corrected chi connectivity index (χ3v) is 10.9. The van der Waals surface area contributed by atoms with Gasteiger partial charge in [0, 0.05) is 10.8 Å². The van der Waals surface area contributed by atoms with Crippen molar-refractivity contribution in [2.24, 2.45) is 34.5 Å². The van der Waals surface area contributed by atoms with Gasteiger partial charge in [-0.2, -0.15) is 0 Å². The molecule has 4 fully saturated rings. The fraction of sp³-hybridized carbons (Fsp3) is 0.968. The van der Waals surface area contributed by atoms with Crippen molar-refractivity contribution in [2.75, 3.05) is 0 Å². The van der Waals surface area contributed by atoms with Crippen molar-refractivity contribution in [1.29, 1.82) is 0 Å². The Labute approximate surface area is 200 Å². The van der Waals surface area contributed by atoms with Gasteiger partial charge in [-0.25, -0.2) is 0 Å². The lowest BCUT2D eigenvalue weighted by Crippen LogP contribution is -2.59. The molecule has 4 rings (SSSR count). The zero-order valence-corrected chi connectivity index (χ0v) is 21.8. The second-order valence-electron chi connectivity index (χ2n) is 13.0. The highest BCUT2D eigenvalue weighted by Crippen LogP contribution is 2.64. The molecule has 0 unspecified atom stereocenters. The number of carbonyl (C=O) groups excluding carboxylic acids is 1. The van der Waals surface area contributed by atoms with Crippen LogP contribution in [-0.4, -0.2) is 5.78 Å². The molecule has 0 saturated heterocycles. The van der Waals surface area contributed by atoms with E-state index >= 15 is 0 Å². The Kier molecular flexibility index (Phi) is 8.83. The lowest BCUT2D eigenvalue weighted by Gasteiger charge is -2.59. The van der Waals surface area contributed by atoms with Gasteiger partial charge in [-0.15, -0.1) is 0 Å². The largest absolute Gasteiger partial charge is 0.298 e. The highest BCUT2D eigenvalue weighted by Gasteiger charge is 2.63. The average Bonchev–Trinajstić information content (AvgIpc) is 2.84. The number of hydrogen-bond donors (Lipinski definition) is 0. The van der Waals surface area contributed by atoms with Gasteiger partial charge in [0.25, 0.3) is 0 Å². The van der Waals surface area contributed by atoms with E-state index in [4.69, 9.17) is 0 Å². The van der Waals surface area contributed by atoms with Crippen LogP contribution < -0.4 is 0 Å². The number of rotatable bonds is 10. The zero-order valence-electron chi connectivity index (χ0n) is 21.8. The van der Waals surface area contributed by atoms with E-state index in [2.05, 4.69) is 13.8 Å². The number of ketones is 1. The van der Waals surface area contributed by atoms with E-state index in [9.17, 15) is 4.79 Å². The van der Waals surface area contributed by atoms with Crippen molar-refractivity contribution in [2.45, 2.75) is 155 Å². The van der Waals surface area contributed by atoms with Gasteiger partial charge in [0.15, 0.2) is 0 Å². The molecule has 184 valence electrons. The third-order valence-electron chi connectivity index (χ3n) is 10.9. The average molecular weight is 443 g/mol. The lowest BCUT2D eigenvalue weighted by atomic mass is 9.42. The number of unbranched alkanes of at least 4 members (excludes halogenated alkanes) is 5. The summed E-state index contributed by atoms with van der Waals surface area (Å²) in [5.74, 6) is 4.63. The maximum absolute atomic E-state index is 13.5. The Morgan fingerprint density at radius 3 is 1.69 bits per heavy atom. The van der Waals surface area contributed by atoms with Gasteiger partial charge in [0.05, 0.1) is 0 Å². The molecule has 0 amide bonds. The molecule has 0 bridgehead atoms. The second-order valence-corrected chi connectivity index (χ2v) is 13.0. The number of Topliss-reactive ketones (excluding diaryl/α,β-unsaturated/α-hetero) is 1. The number of hydrogen-bond acceptors (Lipinski definition) is 1. The molecule has 32 heavy (non-hydrogen) atoms. The maximum Gasteiger partial charge on any atom is 0.145 e.